The molecule has 1 fully saturated rings. The zero-order valence-electron chi connectivity index (χ0n) is 13.3. The van der Waals surface area contributed by atoms with E-state index in [0.717, 1.165) is 28.5 Å². The van der Waals surface area contributed by atoms with Gasteiger partial charge in [-0.05, 0) is 38.3 Å². The Morgan fingerprint density at radius 2 is 2.00 bits per heavy atom. The molecular formula is C16H18N4O2S. The van der Waals surface area contributed by atoms with Gasteiger partial charge in [-0.15, -0.1) is 0 Å². The van der Waals surface area contributed by atoms with Crippen LogP contribution in [0.25, 0.3) is 0 Å². The minimum atomic E-state index is -0.510. The van der Waals surface area contributed by atoms with Gasteiger partial charge in [0, 0.05) is 12.2 Å². The number of nitrogens with zero attached hydrogens (tertiary/aromatic N) is 3. The highest BCUT2D eigenvalue weighted by atomic mass is 32.1. The fraction of sp³-hybridized carbons (Fsp3) is 0.375. The first-order valence-electron chi connectivity index (χ1n) is 7.45. The van der Waals surface area contributed by atoms with Crippen molar-refractivity contribution < 1.29 is 9.59 Å². The number of benzene rings is 1. The lowest BCUT2D eigenvalue weighted by molar-refractivity contribution is -0.118. The van der Waals surface area contributed by atoms with E-state index in [2.05, 4.69) is 26.2 Å². The van der Waals surface area contributed by atoms with Crippen molar-refractivity contribution >= 4 is 29.2 Å². The summed E-state index contributed by atoms with van der Waals surface area (Å²) < 4.78 is 7.70. The first-order chi connectivity index (χ1) is 11.0. The van der Waals surface area contributed by atoms with Crippen molar-refractivity contribution in [3.8, 4) is 0 Å². The van der Waals surface area contributed by atoms with Gasteiger partial charge in [-0.3, -0.25) is 9.59 Å². The van der Waals surface area contributed by atoms with Crippen LogP contribution in [0.3, 0.4) is 0 Å². The van der Waals surface area contributed by atoms with E-state index in [0.29, 0.717) is 13.0 Å². The van der Waals surface area contributed by atoms with E-state index in [4.69, 9.17) is 0 Å². The Bertz CT molecular complexity index is 734. The van der Waals surface area contributed by atoms with E-state index in [1.165, 1.54) is 11.8 Å². The van der Waals surface area contributed by atoms with Gasteiger partial charge in [-0.1, -0.05) is 17.7 Å². The molecule has 1 atom stereocenters. The Morgan fingerprint density at radius 3 is 2.61 bits per heavy atom. The molecule has 23 heavy (non-hydrogen) atoms. The Kier molecular flexibility index (Phi) is 4.12. The molecule has 6 nitrogen and oxygen atoms in total. The number of hydrogen-bond acceptors (Lipinski definition) is 5. The lowest BCUT2D eigenvalue weighted by atomic mass is 10.0. The van der Waals surface area contributed by atoms with Gasteiger partial charge in [0.05, 0.1) is 17.9 Å². The summed E-state index contributed by atoms with van der Waals surface area (Å²) in [5.74, 6) is -0.423. The first-order valence-corrected chi connectivity index (χ1v) is 8.18. The fourth-order valence-corrected chi connectivity index (χ4v) is 3.54. The number of aryl methyl sites for hydroxylation is 3. The van der Waals surface area contributed by atoms with Crippen LogP contribution in [-0.2, 0) is 4.79 Å². The van der Waals surface area contributed by atoms with Crippen molar-refractivity contribution in [1.29, 1.82) is 0 Å². The molecule has 7 heteroatoms. The maximum absolute atomic E-state index is 12.7. The highest BCUT2D eigenvalue weighted by Gasteiger charge is 2.35. The van der Waals surface area contributed by atoms with Crippen LogP contribution in [0.1, 0.15) is 33.6 Å². The molecule has 1 unspecified atom stereocenters. The summed E-state index contributed by atoms with van der Waals surface area (Å²) in [4.78, 5) is 26.5. The number of carbonyl (C=O) groups is 2. The van der Waals surface area contributed by atoms with Gasteiger partial charge in [0.15, 0.2) is 5.69 Å². The molecule has 2 aromatic rings. The van der Waals surface area contributed by atoms with Crippen LogP contribution in [0.4, 0.5) is 5.69 Å². The van der Waals surface area contributed by atoms with Crippen LogP contribution < -0.4 is 10.2 Å². The van der Waals surface area contributed by atoms with E-state index in [1.54, 1.807) is 4.90 Å². The fourth-order valence-electron chi connectivity index (χ4n) is 3.13. The second-order valence-corrected chi connectivity index (χ2v) is 6.40. The molecule has 0 bridgehead atoms. The summed E-state index contributed by atoms with van der Waals surface area (Å²) in [5.41, 5.74) is 4.53. The zero-order valence-corrected chi connectivity index (χ0v) is 14.1. The molecule has 3 rings (SSSR count). The van der Waals surface area contributed by atoms with Crippen LogP contribution >= 0.6 is 11.7 Å². The molecule has 0 radical (unpaired) electrons. The Morgan fingerprint density at radius 1 is 1.30 bits per heavy atom. The van der Waals surface area contributed by atoms with E-state index in [-0.39, 0.29) is 17.5 Å². The average molecular weight is 330 g/mol. The number of rotatable bonds is 3. The van der Waals surface area contributed by atoms with Crippen molar-refractivity contribution in [1.82, 2.24) is 14.1 Å². The second kappa shape index (κ2) is 6.08. The molecule has 0 spiro atoms. The molecule has 0 aliphatic carbocycles. The standard InChI is InChI=1S/C16H18N4O2S/c1-9-6-10(2)14(11(3)7-9)20-5-4-12(16(20)22)18-15(21)13-8-17-23-19-13/h6-8,12H,4-5H2,1-3H3,(H,18,21). The number of anilines is 1. The summed E-state index contributed by atoms with van der Waals surface area (Å²) in [6.07, 6.45) is 2.00. The molecule has 120 valence electrons. The molecule has 1 N–H and O–H groups in total. The third-order valence-corrected chi connectivity index (χ3v) is 4.49. The topological polar surface area (TPSA) is 75.2 Å². The Balaban J connectivity index is 1.78. The number of hydrogen-bond donors (Lipinski definition) is 1. The number of carbonyl (C=O) groups excluding carboxylic acids is 2. The Labute approximate surface area is 138 Å². The lowest BCUT2D eigenvalue weighted by Gasteiger charge is -2.22. The number of nitrogens with one attached hydrogen (secondary N) is 1. The molecule has 1 aromatic heterocycles. The predicted octanol–water partition coefficient (Wildman–Crippen LogP) is 2.00. The van der Waals surface area contributed by atoms with Gasteiger partial charge in [-0.25, -0.2) is 0 Å². The summed E-state index contributed by atoms with van der Waals surface area (Å²) in [6, 6.07) is 3.63. The van der Waals surface area contributed by atoms with E-state index < -0.39 is 6.04 Å². The van der Waals surface area contributed by atoms with Crippen molar-refractivity contribution in [3.05, 3.63) is 40.7 Å². The number of amides is 2. The molecule has 1 aliphatic rings. The van der Waals surface area contributed by atoms with Gasteiger partial charge < -0.3 is 10.2 Å². The number of aromatic nitrogens is 2. The van der Waals surface area contributed by atoms with Gasteiger partial charge in [0.2, 0.25) is 5.91 Å². The third kappa shape index (κ3) is 2.96. The summed E-state index contributed by atoms with van der Waals surface area (Å²) >= 11 is 0.973. The normalized spacial score (nSPS) is 17.6. The van der Waals surface area contributed by atoms with Gasteiger partial charge in [-0.2, -0.15) is 8.75 Å². The van der Waals surface area contributed by atoms with Crippen molar-refractivity contribution in [2.24, 2.45) is 0 Å². The van der Waals surface area contributed by atoms with Crippen molar-refractivity contribution in [3.63, 3.8) is 0 Å². The van der Waals surface area contributed by atoms with Crippen molar-refractivity contribution in [2.45, 2.75) is 33.2 Å². The van der Waals surface area contributed by atoms with E-state index in [1.807, 2.05) is 20.8 Å². The first kappa shape index (κ1) is 15.6. The maximum Gasteiger partial charge on any atom is 0.273 e. The van der Waals surface area contributed by atoms with Gasteiger partial charge in [0.25, 0.3) is 5.91 Å². The molecule has 0 saturated carbocycles. The maximum atomic E-state index is 12.7. The smallest absolute Gasteiger partial charge is 0.273 e. The van der Waals surface area contributed by atoms with Crippen LogP contribution in [0, 0.1) is 20.8 Å². The summed E-state index contributed by atoms with van der Waals surface area (Å²) in [7, 11) is 0. The largest absolute Gasteiger partial charge is 0.339 e. The third-order valence-electron chi connectivity index (χ3n) is 4.01. The highest BCUT2D eigenvalue weighted by Crippen LogP contribution is 2.30. The van der Waals surface area contributed by atoms with Crippen LogP contribution in [0.5, 0.6) is 0 Å². The monoisotopic (exact) mass is 330 g/mol. The predicted molar refractivity (Wildman–Crippen MR) is 88.8 cm³/mol. The molecule has 1 saturated heterocycles. The molecule has 2 heterocycles. The van der Waals surface area contributed by atoms with Gasteiger partial charge >= 0.3 is 0 Å². The second-order valence-electron chi connectivity index (χ2n) is 5.84. The molecule has 1 aliphatic heterocycles. The minimum Gasteiger partial charge on any atom is -0.339 e. The van der Waals surface area contributed by atoms with E-state index in [9.17, 15) is 9.59 Å². The molecular weight excluding hydrogens is 312 g/mol. The zero-order chi connectivity index (χ0) is 16.6. The minimum absolute atomic E-state index is 0.0726. The van der Waals surface area contributed by atoms with Crippen LogP contribution in [0.2, 0.25) is 0 Å². The summed E-state index contributed by atoms with van der Waals surface area (Å²) in [6.45, 7) is 6.66. The van der Waals surface area contributed by atoms with Crippen molar-refractivity contribution in [2.75, 3.05) is 11.4 Å². The van der Waals surface area contributed by atoms with E-state index >= 15 is 0 Å². The van der Waals surface area contributed by atoms with Crippen LogP contribution in [-0.4, -0.2) is 33.1 Å². The molecule has 1 aromatic carbocycles. The summed E-state index contributed by atoms with van der Waals surface area (Å²) in [5, 5.41) is 2.76. The Hall–Kier alpha value is -2.28. The highest BCUT2D eigenvalue weighted by molar-refractivity contribution is 6.99. The van der Waals surface area contributed by atoms with Gasteiger partial charge in [0.1, 0.15) is 6.04 Å². The SMILES string of the molecule is Cc1cc(C)c(N2CCC(NC(=O)c3cnsn3)C2=O)c(C)c1. The van der Waals surface area contributed by atoms with Crippen LogP contribution in [0.15, 0.2) is 18.3 Å². The lowest BCUT2D eigenvalue weighted by Crippen LogP contribution is -2.42. The average Bonchev–Trinajstić information content (AvgIpc) is 3.11. The molecule has 2 amide bonds. The quantitative estimate of drug-likeness (QED) is 0.934.